The first-order valence-corrected chi connectivity index (χ1v) is 10.4. The molecule has 1 aliphatic rings. The molecule has 10 heteroatoms. The lowest BCUT2D eigenvalue weighted by Crippen LogP contribution is -2.44. The average Bonchev–Trinajstić information content (AvgIpc) is 3.26. The minimum absolute atomic E-state index is 0.0539. The Kier molecular flexibility index (Phi) is 7.83. The van der Waals surface area contributed by atoms with Crippen molar-refractivity contribution in [2.75, 3.05) is 52.3 Å². The van der Waals surface area contributed by atoms with Gasteiger partial charge in [-0.1, -0.05) is 6.07 Å². The van der Waals surface area contributed by atoms with Crippen LogP contribution < -0.4 is 14.8 Å². The summed E-state index contributed by atoms with van der Waals surface area (Å²) in [5, 5.41) is 4.75. The summed E-state index contributed by atoms with van der Waals surface area (Å²) in [6.45, 7) is 0.402. The molecule has 7 nitrogen and oxygen atoms in total. The first-order chi connectivity index (χ1) is 14.5. The molecule has 1 N–H and O–H groups in total. The van der Waals surface area contributed by atoms with Crippen LogP contribution in [0.3, 0.4) is 0 Å². The Bertz CT molecular complexity index is 816. The van der Waals surface area contributed by atoms with Crippen LogP contribution in [-0.2, 0) is 4.74 Å². The molecule has 3 rings (SSSR count). The topological polar surface area (TPSA) is 63.3 Å². The summed E-state index contributed by atoms with van der Waals surface area (Å²) in [6, 6.07) is 8.12. The molecule has 0 spiro atoms. The Morgan fingerprint density at radius 3 is 2.70 bits per heavy atom. The zero-order valence-corrected chi connectivity index (χ0v) is 17.7. The molecule has 1 aliphatic heterocycles. The van der Waals surface area contributed by atoms with Gasteiger partial charge in [0.05, 0.1) is 26.4 Å². The first kappa shape index (κ1) is 22.3. The lowest BCUT2D eigenvalue weighted by Gasteiger charge is -2.36. The molecule has 0 aliphatic carbocycles. The van der Waals surface area contributed by atoms with Crippen LogP contribution in [0.2, 0.25) is 0 Å². The number of hydrogen-bond donors (Lipinski definition) is 1. The van der Waals surface area contributed by atoms with E-state index in [1.165, 1.54) is 24.1 Å². The van der Waals surface area contributed by atoms with Gasteiger partial charge in [0, 0.05) is 43.3 Å². The van der Waals surface area contributed by atoms with E-state index in [0.717, 1.165) is 13.1 Å². The standard InChI is InChI=1S/C20H25F2N3O4S/c1-24(13-15(18-4-3-11-30-18)25-7-9-28-10-8-25)20(26)23-14-5-6-16(27-2)17(12-14)29-19(21)22/h3-6,11-12,15,19H,7-10,13H2,1-2H3,(H,23,26)/t15-/m0/s1. The van der Waals surface area contributed by atoms with Gasteiger partial charge in [-0.15, -0.1) is 11.3 Å². The summed E-state index contributed by atoms with van der Waals surface area (Å²) in [4.78, 5) is 17.8. The number of morpholine rings is 1. The van der Waals surface area contributed by atoms with E-state index in [1.807, 2.05) is 11.4 Å². The molecule has 1 fully saturated rings. The number of rotatable bonds is 8. The van der Waals surface area contributed by atoms with Crippen molar-refractivity contribution < 1.29 is 27.8 Å². The highest BCUT2D eigenvalue weighted by atomic mass is 32.1. The smallest absolute Gasteiger partial charge is 0.387 e. The number of methoxy groups -OCH3 is 1. The van der Waals surface area contributed by atoms with Gasteiger partial charge in [-0.2, -0.15) is 8.78 Å². The number of benzene rings is 1. The van der Waals surface area contributed by atoms with E-state index in [1.54, 1.807) is 29.4 Å². The predicted octanol–water partition coefficient (Wildman–Crippen LogP) is 3.90. The summed E-state index contributed by atoms with van der Waals surface area (Å²) in [6.07, 6.45) is 0. The second kappa shape index (κ2) is 10.6. The molecule has 0 saturated carbocycles. The van der Waals surface area contributed by atoms with Crippen LogP contribution in [0.25, 0.3) is 0 Å². The number of thiophene rings is 1. The summed E-state index contributed by atoms with van der Waals surface area (Å²) < 4.78 is 40.2. The molecule has 2 amide bonds. The average molecular weight is 442 g/mol. The van der Waals surface area contributed by atoms with Crippen molar-refractivity contribution >= 4 is 23.1 Å². The summed E-state index contributed by atoms with van der Waals surface area (Å²) in [7, 11) is 3.06. The third-order valence-electron chi connectivity index (χ3n) is 4.78. The monoisotopic (exact) mass is 441 g/mol. The highest BCUT2D eigenvalue weighted by molar-refractivity contribution is 7.10. The van der Waals surface area contributed by atoms with Gasteiger partial charge < -0.3 is 24.4 Å². The van der Waals surface area contributed by atoms with Gasteiger partial charge in [0.1, 0.15) is 0 Å². The minimum atomic E-state index is -2.99. The summed E-state index contributed by atoms with van der Waals surface area (Å²) in [5.74, 6) is 0.0180. The van der Waals surface area contributed by atoms with E-state index >= 15 is 0 Å². The lowest BCUT2D eigenvalue weighted by molar-refractivity contribution is -0.0511. The van der Waals surface area contributed by atoms with Crippen molar-refractivity contribution in [2.45, 2.75) is 12.7 Å². The van der Waals surface area contributed by atoms with Crippen LogP contribution in [-0.4, -0.2) is 69.4 Å². The number of carbonyl (C=O) groups is 1. The van der Waals surface area contributed by atoms with Gasteiger partial charge in [-0.25, -0.2) is 4.79 Å². The predicted molar refractivity (Wildman–Crippen MR) is 111 cm³/mol. The normalized spacial score (nSPS) is 15.6. The molecular weight excluding hydrogens is 416 g/mol. The van der Waals surface area contributed by atoms with Crippen LogP contribution in [0.1, 0.15) is 10.9 Å². The number of amides is 2. The number of likely N-dealkylation sites (N-methyl/N-ethyl adjacent to an activating group) is 1. The number of hydrogen-bond acceptors (Lipinski definition) is 6. The minimum Gasteiger partial charge on any atom is -0.493 e. The quantitative estimate of drug-likeness (QED) is 0.673. The van der Waals surface area contributed by atoms with Crippen molar-refractivity contribution in [1.82, 2.24) is 9.80 Å². The first-order valence-electron chi connectivity index (χ1n) is 9.48. The second-order valence-electron chi connectivity index (χ2n) is 6.73. The molecular formula is C20H25F2N3O4S. The van der Waals surface area contributed by atoms with Gasteiger partial charge >= 0.3 is 12.6 Å². The SMILES string of the molecule is COc1ccc(NC(=O)N(C)C[C@@H](c2cccs2)N2CCOCC2)cc1OC(F)F. The Hall–Kier alpha value is -2.43. The maximum Gasteiger partial charge on any atom is 0.387 e. The molecule has 1 atom stereocenters. The number of carbonyl (C=O) groups excluding carboxylic acids is 1. The Morgan fingerprint density at radius 2 is 2.07 bits per heavy atom. The van der Waals surface area contributed by atoms with E-state index < -0.39 is 6.61 Å². The fourth-order valence-corrected chi connectivity index (χ4v) is 4.11. The van der Waals surface area contributed by atoms with Crippen LogP contribution in [0.15, 0.2) is 35.7 Å². The number of ether oxygens (including phenoxy) is 3. The van der Waals surface area contributed by atoms with Gasteiger partial charge in [-0.3, -0.25) is 4.90 Å². The number of urea groups is 1. The van der Waals surface area contributed by atoms with Gasteiger partial charge in [-0.05, 0) is 23.6 Å². The molecule has 164 valence electrons. The fourth-order valence-electron chi connectivity index (χ4n) is 3.26. The highest BCUT2D eigenvalue weighted by Gasteiger charge is 2.26. The van der Waals surface area contributed by atoms with Gasteiger partial charge in [0.15, 0.2) is 11.5 Å². The molecule has 0 unspecified atom stereocenters. The van der Waals surface area contributed by atoms with Crippen molar-refractivity contribution in [2.24, 2.45) is 0 Å². The number of anilines is 1. The third-order valence-corrected chi connectivity index (χ3v) is 5.76. The number of alkyl halides is 2. The molecule has 2 aromatic rings. The van der Waals surface area contributed by atoms with E-state index in [2.05, 4.69) is 21.0 Å². The number of nitrogens with one attached hydrogen (secondary N) is 1. The second-order valence-corrected chi connectivity index (χ2v) is 7.71. The van der Waals surface area contributed by atoms with Crippen molar-refractivity contribution in [3.63, 3.8) is 0 Å². The van der Waals surface area contributed by atoms with Crippen LogP contribution in [0.4, 0.5) is 19.3 Å². The molecule has 0 radical (unpaired) electrons. The Labute approximate surface area is 178 Å². The van der Waals surface area contributed by atoms with E-state index in [0.29, 0.717) is 25.4 Å². The van der Waals surface area contributed by atoms with E-state index in [9.17, 15) is 13.6 Å². The van der Waals surface area contributed by atoms with Crippen LogP contribution in [0.5, 0.6) is 11.5 Å². The molecule has 0 bridgehead atoms. The Morgan fingerprint density at radius 1 is 1.30 bits per heavy atom. The summed E-state index contributed by atoms with van der Waals surface area (Å²) >= 11 is 1.65. The zero-order valence-electron chi connectivity index (χ0n) is 16.8. The molecule has 30 heavy (non-hydrogen) atoms. The molecule has 1 saturated heterocycles. The maximum absolute atomic E-state index is 12.7. The van der Waals surface area contributed by atoms with Crippen LogP contribution in [0, 0.1) is 0 Å². The van der Waals surface area contributed by atoms with Crippen LogP contribution >= 0.6 is 11.3 Å². The largest absolute Gasteiger partial charge is 0.493 e. The van der Waals surface area contributed by atoms with E-state index in [4.69, 9.17) is 9.47 Å². The number of halogens is 2. The van der Waals surface area contributed by atoms with E-state index in [-0.39, 0.29) is 23.6 Å². The van der Waals surface area contributed by atoms with Gasteiger partial charge in [0.25, 0.3) is 0 Å². The van der Waals surface area contributed by atoms with Crippen molar-refractivity contribution in [3.8, 4) is 11.5 Å². The third kappa shape index (κ3) is 5.80. The maximum atomic E-state index is 12.7. The molecule has 2 heterocycles. The highest BCUT2D eigenvalue weighted by Crippen LogP contribution is 2.32. The number of nitrogens with zero attached hydrogens (tertiary/aromatic N) is 2. The molecule has 1 aromatic carbocycles. The fraction of sp³-hybridized carbons (Fsp3) is 0.450. The zero-order chi connectivity index (χ0) is 21.5. The Balaban J connectivity index is 1.68. The van der Waals surface area contributed by atoms with Crippen molar-refractivity contribution in [1.29, 1.82) is 0 Å². The van der Waals surface area contributed by atoms with Crippen molar-refractivity contribution in [3.05, 3.63) is 40.6 Å². The molecule has 1 aromatic heterocycles. The summed E-state index contributed by atoms with van der Waals surface area (Å²) in [5.41, 5.74) is 0.336. The lowest BCUT2D eigenvalue weighted by atomic mass is 10.1. The van der Waals surface area contributed by atoms with Gasteiger partial charge in [0.2, 0.25) is 0 Å².